The Morgan fingerprint density at radius 3 is 2.54 bits per heavy atom. The van der Waals surface area contributed by atoms with Gasteiger partial charge >= 0.3 is 6.03 Å². The van der Waals surface area contributed by atoms with Crippen molar-refractivity contribution >= 4 is 11.7 Å². The molecular weight excluding hydrogens is 358 g/mol. The van der Waals surface area contributed by atoms with E-state index in [0.717, 1.165) is 22.7 Å². The van der Waals surface area contributed by atoms with Gasteiger partial charge in [-0.05, 0) is 36.4 Å². The van der Waals surface area contributed by atoms with Crippen LogP contribution in [0.25, 0.3) is 11.3 Å². The number of carbonyl (C=O) groups is 1. The Labute approximate surface area is 162 Å². The van der Waals surface area contributed by atoms with Crippen molar-refractivity contribution in [3.8, 4) is 17.1 Å². The van der Waals surface area contributed by atoms with Gasteiger partial charge in [-0.3, -0.25) is 0 Å². The highest BCUT2D eigenvalue weighted by molar-refractivity contribution is 5.89. The van der Waals surface area contributed by atoms with Gasteiger partial charge in [-0.1, -0.05) is 23.4 Å². The van der Waals surface area contributed by atoms with Gasteiger partial charge in [-0.15, -0.1) is 0 Å². The van der Waals surface area contributed by atoms with Crippen molar-refractivity contribution in [2.75, 3.05) is 25.6 Å². The van der Waals surface area contributed by atoms with Gasteiger partial charge in [0.05, 0.1) is 31.6 Å². The Bertz CT molecular complexity index is 934. The van der Waals surface area contributed by atoms with Gasteiger partial charge < -0.3 is 24.6 Å². The first kappa shape index (κ1) is 18.1. The molecule has 0 spiro atoms. The van der Waals surface area contributed by atoms with Crippen LogP contribution in [0, 0.1) is 0 Å². The van der Waals surface area contributed by atoms with Gasteiger partial charge in [0.15, 0.2) is 5.76 Å². The lowest BCUT2D eigenvalue weighted by atomic mass is 9.91. The molecular formula is C21H21N3O4. The molecule has 1 aromatic heterocycles. The van der Waals surface area contributed by atoms with Crippen LogP contribution < -0.4 is 15.4 Å². The van der Waals surface area contributed by atoms with E-state index in [0.29, 0.717) is 25.4 Å². The second-order valence-electron chi connectivity index (χ2n) is 6.81. The summed E-state index contributed by atoms with van der Waals surface area (Å²) in [7, 11) is 1.63. The fourth-order valence-electron chi connectivity index (χ4n) is 3.12. The molecule has 4 rings (SSSR count). The van der Waals surface area contributed by atoms with Crippen molar-refractivity contribution in [3.05, 3.63) is 66.4 Å². The van der Waals surface area contributed by atoms with Crippen LogP contribution in [0.3, 0.4) is 0 Å². The van der Waals surface area contributed by atoms with Crippen LogP contribution in [0.1, 0.15) is 5.69 Å². The van der Waals surface area contributed by atoms with Crippen molar-refractivity contribution in [1.29, 1.82) is 0 Å². The average Bonchev–Trinajstić information content (AvgIpc) is 3.15. The van der Waals surface area contributed by atoms with Crippen molar-refractivity contribution in [2.24, 2.45) is 0 Å². The third-order valence-electron chi connectivity index (χ3n) is 4.62. The van der Waals surface area contributed by atoms with Crippen molar-refractivity contribution in [3.63, 3.8) is 0 Å². The van der Waals surface area contributed by atoms with Crippen molar-refractivity contribution < 1.29 is 18.8 Å². The lowest BCUT2D eigenvalue weighted by molar-refractivity contribution is -0.0671. The van der Waals surface area contributed by atoms with Crippen LogP contribution >= 0.6 is 0 Å². The van der Waals surface area contributed by atoms with E-state index in [1.807, 2.05) is 60.7 Å². The number of hydrogen-bond donors (Lipinski definition) is 2. The minimum absolute atomic E-state index is 0.270. The average molecular weight is 379 g/mol. The quantitative estimate of drug-likeness (QED) is 0.685. The number of amides is 2. The maximum atomic E-state index is 12.4. The second kappa shape index (κ2) is 7.74. The summed E-state index contributed by atoms with van der Waals surface area (Å²) in [5.74, 6) is 1.45. The first-order valence-electron chi connectivity index (χ1n) is 8.98. The predicted octanol–water partition coefficient (Wildman–Crippen LogP) is 3.48. The summed E-state index contributed by atoms with van der Waals surface area (Å²) in [6.45, 7) is 0.861. The number of benzene rings is 2. The molecule has 1 fully saturated rings. The molecule has 1 saturated heterocycles. The molecule has 0 aliphatic carbocycles. The monoisotopic (exact) mass is 379 g/mol. The lowest BCUT2D eigenvalue weighted by Gasteiger charge is -2.41. The number of anilines is 1. The van der Waals surface area contributed by atoms with E-state index in [-0.39, 0.29) is 6.03 Å². The number of hydrogen-bond acceptors (Lipinski definition) is 5. The van der Waals surface area contributed by atoms with Crippen LogP contribution in [-0.2, 0) is 11.2 Å². The first-order chi connectivity index (χ1) is 13.7. The van der Waals surface area contributed by atoms with E-state index < -0.39 is 5.54 Å². The van der Waals surface area contributed by atoms with E-state index in [1.54, 1.807) is 7.11 Å². The summed E-state index contributed by atoms with van der Waals surface area (Å²) in [6.07, 6.45) is 0.523. The van der Waals surface area contributed by atoms with Crippen molar-refractivity contribution in [2.45, 2.75) is 12.0 Å². The molecule has 0 atom stereocenters. The number of methoxy groups -OCH3 is 1. The highest BCUT2D eigenvalue weighted by Gasteiger charge is 2.41. The molecule has 144 valence electrons. The normalized spacial score (nSPS) is 14.8. The van der Waals surface area contributed by atoms with E-state index in [4.69, 9.17) is 14.0 Å². The highest BCUT2D eigenvalue weighted by atomic mass is 16.5. The third kappa shape index (κ3) is 3.99. The Balaban J connectivity index is 1.42. The number of carbonyl (C=O) groups excluding carboxylic acids is 1. The Morgan fingerprint density at radius 2 is 1.89 bits per heavy atom. The fourth-order valence-corrected chi connectivity index (χ4v) is 3.12. The molecule has 0 radical (unpaired) electrons. The van der Waals surface area contributed by atoms with Gasteiger partial charge in [-0.25, -0.2) is 4.79 Å². The van der Waals surface area contributed by atoms with Gasteiger partial charge in [0.2, 0.25) is 0 Å². The van der Waals surface area contributed by atoms with E-state index in [2.05, 4.69) is 15.8 Å². The summed E-state index contributed by atoms with van der Waals surface area (Å²) in [4.78, 5) is 12.4. The molecule has 28 heavy (non-hydrogen) atoms. The number of nitrogens with zero attached hydrogens (tertiary/aromatic N) is 1. The summed E-state index contributed by atoms with van der Waals surface area (Å²) in [6, 6.07) is 18.5. The maximum absolute atomic E-state index is 12.4. The van der Waals surface area contributed by atoms with Crippen LogP contribution in [-0.4, -0.2) is 37.1 Å². The van der Waals surface area contributed by atoms with Crippen molar-refractivity contribution in [1.82, 2.24) is 10.5 Å². The number of para-hydroxylation sites is 1. The lowest BCUT2D eigenvalue weighted by Crippen LogP contribution is -2.64. The van der Waals surface area contributed by atoms with E-state index >= 15 is 0 Å². The number of urea groups is 1. The Morgan fingerprint density at radius 1 is 1.14 bits per heavy atom. The molecule has 1 aliphatic heterocycles. The molecule has 2 heterocycles. The van der Waals surface area contributed by atoms with Crippen LogP contribution in [0.5, 0.6) is 5.75 Å². The van der Waals surface area contributed by atoms with Gasteiger partial charge in [-0.2, -0.15) is 0 Å². The minimum atomic E-state index is -0.493. The fraction of sp³-hybridized carbons (Fsp3) is 0.238. The van der Waals surface area contributed by atoms with Gasteiger partial charge in [0, 0.05) is 23.7 Å². The summed E-state index contributed by atoms with van der Waals surface area (Å²) >= 11 is 0. The zero-order chi connectivity index (χ0) is 19.4. The third-order valence-corrected chi connectivity index (χ3v) is 4.62. The summed E-state index contributed by atoms with van der Waals surface area (Å²) in [5.41, 5.74) is 1.91. The number of nitrogens with one attached hydrogen (secondary N) is 2. The first-order valence-corrected chi connectivity index (χ1v) is 8.98. The van der Waals surface area contributed by atoms with E-state index in [1.165, 1.54) is 0 Å². The molecule has 2 N–H and O–H groups in total. The summed E-state index contributed by atoms with van der Waals surface area (Å²) < 4.78 is 16.0. The smallest absolute Gasteiger partial charge is 0.319 e. The Hall–Kier alpha value is -3.32. The minimum Gasteiger partial charge on any atom is -0.497 e. The molecule has 7 heteroatoms. The second-order valence-corrected chi connectivity index (χ2v) is 6.81. The van der Waals surface area contributed by atoms with Crippen LogP contribution in [0.15, 0.2) is 65.2 Å². The SMILES string of the molecule is COc1ccc(-c2cc(CC3(NC(=O)Nc4ccccc4)COC3)no2)cc1. The van der Waals surface area contributed by atoms with E-state index in [9.17, 15) is 4.79 Å². The molecule has 1 aliphatic rings. The molecule has 3 aromatic rings. The standard InChI is InChI=1S/C21H21N3O4/c1-26-18-9-7-15(8-10-18)19-11-17(24-28-19)12-21(13-27-14-21)23-20(25)22-16-5-3-2-4-6-16/h2-11H,12-14H2,1H3,(H2,22,23,25). The predicted molar refractivity (Wildman–Crippen MR) is 104 cm³/mol. The zero-order valence-corrected chi connectivity index (χ0v) is 15.5. The molecule has 7 nitrogen and oxygen atoms in total. The topological polar surface area (TPSA) is 85.6 Å². The molecule has 0 bridgehead atoms. The number of ether oxygens (including phenoxy) is 2. The molecule has 2 aromatic carbocycles. The van der Waals surface area contributed by atoms with Crippen LogP contribution in [0.4, 0.5) is 10.5 Å². The van der Waals surface area contributed by atoms with Gasteiger partial charge in [0.25, 0.3) is 0 Å². The molecule has 0 saturated carbocycles. The van der Waals surface area contributed by atoms with Crippen LogP contribution in [0.2, 0.25) is 0 Å². The molecule has 0 unspecified atom stereocenters. The number of rotatable bonds is 6. The highest BCUT2D eigenvalue weighted by Crippen LogP contribution is 2.27. The zero-order valence-electron chi connectivity index (χ0n) is 15.5. The number of aromatic nitrogens is 1. The van der Waals surface area contributed by atoms with Gasteiger partial charge in [0.1, 0.15) is 5.75 Å². The summed E-state index contributed by atoms with van der Waals surface area (Å²) in [5, 5.41) is 10.0. The maximum Gasteiger partial charge on any atom is 0.319 e. The Kier molecular flexibility index (Phi) is 4.99. The largest absolute Gasteiger partial charge is 0.497 e. The molecule has 2 amide bonds.